The van der Waals surface area contributed by atoms with Gasteiger partial charge in [0.05, 0.1) is 38.0 Å². The highest BCUT2D eigenvalue weighted by molar-refractivity contribution is 8.18. The third-order valence-corrected chi connectivity index (χ3v) is 8.18. The maximum absolute atomic E-state index is 13.5. The molecule has 2 aliphatic rings. The van der Waals surface area contributed by atoms with Gasteiger partial charge in [0, 0.05) is 36.5 Å². The van der Waals surface area contributed by atoms with Crippen molar-refractivity contribution in [2.45, 2.75) is 52.0 Å². The topological polar surface area (TPSA) is 63.6 Å². The van der Waals surface area contributed by atoms with Gasteiger partial charge in [-0.1, -0.05) is 13.8 Å². The van der Waals surface area contributed by atoms with Crippen LogP contribution in [-0.2, 0) is 9.53 Å². The first-order valence-electron chi connectivity index (χ1n) is 13.1. The van der Waals surface area contributed by atoms with E-state index in [0.717, 1.165) is 42.1 Å². The van der Waals surface area contributed by atoms with E-state index < -0.39 is 0 Å². The van der Waals surface area contributed by atoms with Crippen molar-refractivity contribution >= 4 is 40.3 Å². The number of hydrogen-bond donors (Lipinski definition) is 0. The fourth-order valence-electron chi connectivity index (χ4n) is 5.34. The molecule has 2 aromatic carbocycles. The Morgan fingerprint density at radius 1 is 1.11 bits per heavy atom. The van der Waals surface area contributed by atoms with Gasteiger partial charge in [0.2, 0.25) is 0 Å². The van der Waals surface area contributed by atoms with Gasteiger partial charge in [0.1, 0.15) is 11.5 Å². The van der Waals surface area contributed by atoms with Crippen LogP contribution in [0.15, 0.2) is 46.3 Å². The number of methoxy groups -OCH3 is 3. The Kier molecular flexibility index (Phi) is 8.73. The monoisotopic (exact) mass is 537 g/mol. The summed E-state index contributed by atoms with van der Waals surface area (Å²) >= 11 is 1.38. The number of hydrogen-bond acceptors (Lipinski definition) is 7. The van der Waals surface area contributed by atoms with E-state index in [1.54, 1.807) is 26.2 Å². The molecule has 0 saturated carbocycles. The zero-order chi connectivity index (χ0) is 27.4. The predicted octanol–water partition coefficient (Wildman–Crippen LogP) is 6.46. The highest BCUT2D eigenvalue weighted by atomic mass is 32.2. The average Bonchev–Trinajstić information content (AvgIpc) is 3.18. The molecule has 38 heavy (non-hydrogen) atoms. The van der Waals surface area contributed by atoms with Crippen molar-refractivity contribution in [2.24, 2.45) is 4.99 Å². The molecule has 0 aliphatic carbocycles. The van der Waals surface area contributed by atoms with Crippen molar-refractivity contribution in [2.75, 3.05) is 45.9 Å². The third-order valence-electron chi connectivity index (χ3n) is 7.18. The highest BCUT2D eigenvalue weighted by Gasteiger charge is 2.37. The molecule has 2 aromatic rings. The van der Waals surface area contributed by atoms with E-state index in [4.69, 9.17) is 19.2 Å². The van der Waals surface area contributed by atoms with Crippen molar-refractivity contribution in [1.29, 1.82) is 0 Å². The molecular weight excluding hydrogens is 498 g/mol. The van der Waals surface area contributed by atoms with Gasteiger partial charge in [0.25, 0.3) is 5.91 Å². The number of rotatable bonds is 9. The first-order chi connectivity index (χ1) is 18.2. The second-order valence-electron chi connectivity index (χ2n) is 10.4. The Morgan fingerprint density at radius 3 is 2.47 bits per heavy atom. The van der Waals surface area contributed by atoms with Crippen LogP contribution in [0.1, 0.15) is 57.6 Å². The molecule has 204 valence electrons. The number of fused-ring (bicyclic) bond motifs is 1. The minimum atomic E-state index is -0.0825. The van der Waals surface area contributed by atoms with Gasteiger partial charge in [-0.25, -0.2) is 4.99 Å². The molecule has 1 amide bonds. The summed E-state index contributed by atoms with van der Waals surface area (Å²) in [5.74, 6) is 1.84. The number of thioether (sulfide) groups is 1. The number of benzene rings is 2. The minimum Gasteiger partial charge on any atom is -0.497 e. The van der Waals surface area contributed by atoms with Gasteiger partial charge in [-0.15, -0.1) is 0 Å². The Morgan fingerprint density at radius 2 is 1.84 bits per heavy atom. The molecule has 8 heteroatoms. The van der Waals surface area contributed by atoms with Crippen LogP contribution in [-0.4, -0.2) is 62.5 Å². The van der Waals surface area contributed by atoms with Crippen molar-refractivity contribution in [3.63, 3.8) is 0 Å². The number of carbonyl (C=O) groups excluding carboxylic acids is 1. The molecule has 4 rings (SSSR count). The van der Waals surface area contributed by atoms with Gasteiger partial charge in [-0.2, -0.15) is 0 Å². The molecule has 2 heterocycles. The van der Waals surface area contributed by atoms with E-state index in [0.29, 0.717) is 29.1 Å². The molecule has 1 unspecified atom stereocenters. The standard InChI is InChI=1S/C30H39N3O4S/c1-8-13-33-25-18-26(37-7)21(16-24(25)20(2)19-30(33,3)4)17-27-28(34)32(14-15-35-5)29(38-27)31-22-9-11-23(36-6)12-10-22/h9-12,16-18,20H,8,13-15,19H2,1-7H3/b27-17+,31-29?. The first-order valence-corrected chi connectivity index (χ1v) is 14.0. The second-order valence-corrected chi connectivity index (χ2v) is 11.4. The smallest absolute Gasteiger partial charge is 0.266 e. The van der Waals surface area contributed by atoms with Gasteiger partial charge in [-0.05, 0) is 86.3 Å². The van der Waals surface area contributed by atoms with Crippen LogP contribution in [0.4, 0.5) is 11.4 Å². The summed E-state index contributed by atoms with van der Waals surface area (Å²) in [6.07, 6.45) is 4.09. The number of anilines is 1. The van der Waals surface area contributed by atoms with Crippen LogP contribution in [0, 0.1) is 0 Å². The molecule has 0 aromatic heterocycles. The molecule has 1 fully saturated rings. The molecule has 7 nitrogen and oxygen atoms in total. The van der Waals surface area contributed by atoms with E-state index in [1.807, 2.05) is 30.3 Å². The predicted molar refractivity (Wildman–Crippen MR) is 157 cm³/mol. The highest BCUT2D eigenvalue weighted by Crippen LogP contribution is 2.46. The van der Waals surface area contributed by atoms with E-state index in [1.165, 1.54) is 23.0 Å². The summed E-state index contributed by atoms with van der Waals surface area (Å²) in [4.78, 5) is 23.1. The van der Waals surface area contributed by atoms with Crippen molar-refractivity contribution in [3.05, 3.63) is 52.4 Å². The van der Waals surface area contributed by atoms with Crippen LogP contribution in [0.3, 0.4) is 0 Å². The SMILES string of the molecule is CCCN1c2cc(OC)c(/C=C3/SC(=Nc4ccc(OC)cc4)N(CCOC)C3=O)cc2C(C)CC1(C)C. The van der Waals surface area contributed by atoms with Crippen LogP contribution in [0.25, 0.3) is 6.08 Å². The Hall–Kier alpha value is -2.97. The Bertz CT molecular complexity index is 1220. The van der Waals surface area contributed by atoms with Crippen LogP contribution >= 0.6 is 11.8 Å². The number of carbonyl (C=O) groups is 1. The quantitative estimate of drug-likeness (QED) is 0.342. The molecule has 2 aliphatic heterocycles. The van der Waals surface area contributed by atoms with Gasteiger partial charge in [-0.3, -0.25) is 9.69 Å². The molecule has 1 atom stereocenters. The lowest BCUT2D eigenvalue weighted by atomic mass is 9.79. The summed E-state index contributed by atoms with van der Waals surface area (Å²) in [5.41, 5.74) is 4.25. The van der Waals surface area contributed by atoms with Crippen LogP contribution < -0.4 is 14.4 Å². The largest absolute Gasteiger partial charge is 0.497 e. The minimum absolute atomic E-state index is 0.0688. The van der Waals surface area contributed by atoms with E-state index in [9.17, 15) is 4.79 Å². The Balaban J connectivity index is 1.73. The number of nitrogens with zero attached hydrogens (tertiary/aromatic N) is 3. The second kappa shape index (κ2) is 11.8. The maximum atomic E-state index is 13.5. The molecule has 0 spiro atoms. The summed E-state index contributed by atoms with van der Waals surface area (Å²) in [6, 6.07) is 11.8. The van der Waals surface area contributed by atoms with Gasteiger partial charge < -0.3 is 19.1 Å². The lowest BCUT2D eigenvalue weighted by molar-refractivity contribution is -0.122. The number of ether oxygens (including phenoxy) is 3. The van der Waals surface area contributed by atoms with E-state index in [-0.39, 0.29) is 11.4 Å². The fourth-order valence-corrected chi connectivity index (χ4v) is 6.36. The molecular formula is C30H39N3O4S. The van der Waals surface area contributed by atoms with Gasteiger partial charge >= 0.3 is 0 Å². The zero-order valence-electron chi connectivity index (χ0n) is 23.5. The lowest BCUT2D eigenvalue weighted by Crippen LogP contribution is -2.48. The molecule has 1 saturated heterocycles. The number of amidine groups is 1. The van der Waals surface area contributed by atoms with Crippen molar-refractivity contribution < 1.29 is 19.0 Å². The average molecular weight is 538 g/mol. The van der Waals surface area contributed by atoms with Crippen molar-refractivity contribution in [1.82, 2.24) is 4.90 Å². The fraction of sp³-hybridized carbons (Fsp3) is 0.467. The molecule has 0 N–H and O–H groups in total. The summed E-state index contributed by atoms with van der Waals surface area (Å²) < 4.78 is 16.4. The number of amides is 1. The van der Waals surface area contributed by atoms with E-state index in [2.05, 4.69) is 44.7 Å². The van der Waals surface area contributed by atoms with Gasteiger partial charge in [0.15, 0.2) is 5.17 Å². The number of aliphatic imine (C=N–C) groups is 1. The molecule has 0 radical (unpaired) electrons. The maximum Gasteiger partial charge on any atom is 0.266 e. The van der Waals surface area contributed by atoms with Crippen LogP contribution in [0.5, 0.6) is 11.5 Å². The Labute approximate surface area is 230 Å². The summed E-state index contributed by atoms with van der Waals surface area (Å²) in [7, 11) is 4.96. The summed E-state index contributed by atoms with van der Waals surface area (Å²) in [5, 5.41) is 0.629. The van der Waals surface area contributed by atoms with E-state index >= 15 is 0 Å². The normalized spacial score (nSPS) is 20.8. The van der Waals surface area contributed by atoms with Crippen LogP contribution in [0.2, 0.25) is 0 Å². The zero-order valence-corrected chi connectivity index (χ0v) is 24.4. The lowest BCUT2D eigenvalue weighted by Gasteiger charge is -2.47. The first kappa shape index (κ1) is 28.0. The summed E-state index contributed by atoms with van der Waals surface area (Å²) in [6.45, 7) is 11.0. The third kappa shape index (κ3) is 5.71. The molecule has 0 bridgehead atoms. The van der Waals surface area contributed by atoms with Crippen molar-refractivity contribution in [3.8, 4) is 11.5 Å².